The molecule has 1 atom stereocenters. The molecule has 1 fully saturated rings. The van der Waals surface area contributed by atoms with Crippen molar-refractivity contribution in [3.05, 3.63) is 0 Å². The van der Waals surface area contributed by atoms with Crippen molar-refractivity contribution in [2.75, 3.05) is 20.1 Å². The largest absolute Gasteiger partial charge is 0.338 e. The lowest BCUT2D eigenvalue weighted by atomic mass is 9.94. The van der Waals surface area contributed by atoms with Gasteiger partial charge < -0.3 is 4.90 Å². The zero-order valence-electron chi connectivity index (χ0n) is 11.4. The molecule has 0 bridgehead atoms. The van der Waals surface area contributed by atoms with Gasteiger partial charge in [-0.25, -0.2) is 0 Å². The van der Waals surface area contributed by atoms with Gasteiger partial charge in [0.2, 0.25) is 5.91 Å². The standard InChI is InChI=1S/C13H23N3O/c1-5-6-9-16-10-13(2,3)15(4)12(17)11(16)7-8-14/h11H,5-7,9-10H2,1-4H3. The van der Waals surface area contributed by atoms with Crippen molar-refractivity contribution in [1.29, 1.82) is 5.26 Å². The second-order valence-corrected chi connectivity index (χ2v) is 5.41. The SMILES string of the molecule is CCCCN1CC(C)(C)N(C)C(=O)C1CC#N. The maximum absolute atomic E-state index is 12.2. The van der Waals surface area contributed by atoms with Crippen LogP contribution < -0.4 is 0 Å². The van der Waals surface area contributed by atoms with Gasteiger partial charge in [-0.1, -0.05) is 13.3 Å². The highest BCUT2D eigenvalue weighted by Crippen LogP contribution is 2.25. The summed E-state index contributed by atoms with van der Waals surface area (Å²) >= 11 is 0. The van der Waals surface area contributed by atoms with Crippen LogP contribution in [0.1, 0.15) is 40.0 Å². The predicted molar refractivity (Wildman–Crippen MR) is 67.3 cm³/mol. The number of carbonyl (C=O) groups is 1. The fraction of sp³-hybridized carbons (Fsp3) is 0.846. The molecule has 0 spiro atoms. The van der Waals surface area contributed by atoms with Crippen LogP contribution in [-0.4, -0.2) is 47.4 Å². The first-order valence-electron chi connectivity index (χ1n) is 6.32. The highest BCUT2D eigenvalue weighted by Gasteiger charge is 2.42. The fourth-order valence-electron chi connectivity index (χ4n) is 2.29. The summed E-state index contributed by atoms with van der Waals surface area (Å²) in [5.41, 5.74) is -0.142. The molecule has 17 heavy (non-hydrogen) atoms. The van der Waals surface area contributed by atoms with E-state index in [1.807, 2.05) is 7.05 Å². The van der Waals surface area contributed by atoms with E-state index in [0.717, 1.165) is 25.9 Å². The lowest BCUT2D eigenvalue weighted by Gasteiger charge is -2.48. The summed E-state index contributed by atoms with van der Waals surface area (Å²) in [6, 6.07) is 1.89. The van der Waals surface area contributed by atoms with E-state index in [4.69, 9.17) is 5.26 Å². The zero-order chi connectivity index (χ0) is 13.1. The molecule has 0 N–H and O–H groups in total. The number of amides is 1. The number of carbonyl (C=O) groups excluding carboxylic acids is 1. The third-order valence-electron chi connectivity index (χ3n) is 3.64. The number of unbranched alkanes of at least 4 members (excludes halogenated alkanes) is 1. The fourth-order valence-corrected chi connectivity index (χ4v) is 2.29. The average Bonchev–Trinajstić information content (AvgIpc) is 2.28. The molecule has 0 saturated carbocycles. The van der Waals surface area contributed by atoms with Gasteiger partial charge in [-0.2, -0.15) is 5.26 Å². The van der Waals surface area contributed by atoms with Gasteiger partial charge in [0.15, 0.2) is 0 Å². The monoisotopic (exact) mass is 237 g/mol. The van der Waals surface area contributed by atoms with Crippen molar-refractivity contribution in [3.63, 3.8) is 0 Å². The van der Waals surface area contributed by atoms with Crippen LogP contribution in [0.15, 0.2) is 0 Å². The average molecular weight is 237 g/mol. The Hall–Kier alpha value is -1.08. The van der Waals surface area contributed by atoms with Crippen molar-refractivity contribution < 1.29 is 4.79 Å². The maximum atomic E-state index is 12.2. The van der Waals surface area contributed by atoms with Crippen molar-refractivity contribution in [1.82, 2.24) is 9.80 Å². The number of nitriles is 1. The van der Waals surface area contributed by atoms with Crippen molar-refractivity contribution in [2.24, 2.45) is 0 Å². The third-order valence-corrected chi connectivity index (χ3v) is 3.64. The van der Waals surface area contributed by atoms with E-state index in [2.05, 4.69) is 31.7 Å². The van der Waals surface area contributed by atoms with Crippen molar-refractivity contribution in [2.45, 2.75) is 51.6 Å². The Labute approximate surface area is 104 Å². The Morgan fingerprint density at radius 2 is 2.18 bits per heavy atom. The Balaban J connectivity index is 2.84. The molecule has 1 rings (SSSR count). The Bertz CT molecular complexity index is 319. The molecule has 1 saturated heterocycles. The van der Waals surface area contributed by atoms with Gasteiger partial charge in [0, 0.05) is 19.1 Å². The highest BCUT2D eigenvalue weighted by atomic mass is 16.2. The summed E-state index contributed by atoms with van der Waals surface area (Å²) in [4.78, 5) is 16.2. The van der Waals surface area contributed by atoms with Gasteiger partial charge in [0.05, 0.1) is 12.5 Å². The second kappa shape index (κ2) is 5.50. The number of hydrogen-bond donors (Lipinski definition) is 0. The minimum Gasteiger partial charge on any atom is -0.338 e. The van der Waals surface area contributed by atoms with E-state index >= 15 is 0 Å². The van der Waals surface area contributed by atoms with Crippen LogP contribution in [0.3, 0.4) is 0 Å². The third kappa shape index (κ3) is 2.98. The van der Waals surface area contributed by atoms with Gasteiger partial charge >= 0.3 is 0 Å². The molecule has 96 valence electrons. The summed E-state index contributed by atoms with van der Waals surface area (Å²) in [5.74, 6) is 0.0823. The Kier molecular flexibility index (Phi) is 4.53. The molecule has 1 aliphatic heterocycles. The van der Waals surface area contributed by atoms with E-state index < -0.39 is 0 Å². The van der Waals surface area contributed by atoms with E-state index in [9.17, 15) is 4.79 Å². The maximum Gasteiger partial charge on any atom is 0.241 e. The molecule has 0 aromatic rings. The molecule has 1 heterocycles. The van der Waals surface area contributed by atoms with Crippen LogP contribution in [0, 0.1) is 11.3 Å². The smallest absolute Gasteiger partial charge is 0.241 e. The van der Waals surface area contributed by atoms with Gasteiger partial charge in [-0.15, -0.1) is 0 Å². The summed E-state index contributed by atoms with van der Waals surface area (Å²) in [6.07, 6.45) is 2.48. The van der Waals surface area contributed by atoms with Crippen LogP contribution in [-0.2, 0) is 4.79 Å². The first-order valence-corrected chi connectivity index (χ1v) is 6.32. The van der Waals surface area contributed by atoms with Gasteiger partial charge in [-0.05, 0) is 26.8 Å². The molecular formula is C13H23N3O. The molecular weight excluding hydrogens is 214 g/mol. The molecule has 1 amide bonds. The van der Waals surface area contributed by atoms with E-state index in [1.165, 1.54) is 0 Å². The summed E-state index contributed by atoms with van der Waals surface area (Å²) in [6.45, 7) is 8.05. The topological polar surface area (TPSA) is 47.3 Å². The molecule has 0 aromatic carbocycles. The van der Waals surface area contributed by atoms with E-state index in [1.54, 1.807) is 4.90 Å². The first kappa shape index (κ1) is 14.0. The van der Waals surface area contributed by atoms with Crippen LogP contribution in [0.5, 0.6) is 0 Å². The Morgan fingerprint density at radius 3 is 2.71 bits per heavy atom. The first-order chi connectivity index (χ1) is 7.94. The van der Waals surface area contributed by atoms with Gasteiger partial charge in [0.1, 0.15) is 6.04 Å². The quantitative estimate of drug-likeness (QED) is 0.746. The number of rotatable bonds is 4. The molecule has 0 aromatic heterocycles. The van der Waals surface area contributed by atoms with Crippen LogP contribution in [0.25, 0.3) is 0 Å². The summed E-state index contributed by atoms with van der Waals surface area (Å²) < 4.78 is 0. The summed E-state index contributed by atoms with van der Waals surface area (Å²) in [7, 11) is 1.84. The van der Waals surface area contributed by atoms with Crippen LogP contribution in [0.4, 0.5) is 0 Å². The van der Waals surface area contributed by atoms with Crippen LogP contribution in [0.2, 0.25) is 0 Å². The lowest BCUT2D eigenvalue weighted by molar-refractivity contribution is -0.148. The number of likely N-dealkylation sites (N-methyl/N-ethyl adjacent to an activating group) is 1. The number of nitrogens with zero attached hydrogens (tertiary/aromatic N) is 3. The van der Waals surface area contributed by atoms with Gasteiger partial charge in [-0.3, -0.25) is 9.69 Å². The number of piperazine rings is 1. The molecule has 0 radical (unpaired) electrons. The lowest BCUT2D eigenvalue weighted by Crippen LogP contribution is -2.64. The molecule has 4 heteroatoms. The molecule has 1 aliphatic rings. The van der Waals surface area contributed by atoms with E-state index in [0.29, 0.717) is 6.42 Å². The number of hydrogen-bond acceptors (Lipinski definition) is 3. The van der Waals surface area contributed by atoms with Gasteiger partial charge in [0.25, 0.3) is 0 Å². The Morgan fingerprint density at radius 1 is 1.53 bits per heavy atom. The van der Waals surface area contributed by atoms with Crippen LogP contribution >= 0.6 is 0 Å². The van der Waals surface area contributed by atoms with E-state index in [-0.39, 0.29) is 17.5 Å². The molecule has 0 aliphatic carbocycles. The predicted octanol–water partition coefficient (Wildman–Crippen LogP) is 1.62. The minimum atomic E-state index is -0.246. The van der Waals surface area contributed by atoms with Crippen molar-refractivity contribution >= 4 is 5.91 Å². The second-order valence-electron chi connectivity index (χ2n) is 5.41. The normalized spacial score (nSPS) is 24.8. The minimum absolute atomic E-state index is 0.0823. The zero-order valence-corrected chi connectivity index (χ0v) is 11.4. The summed E-state index contributed by atoms with van der Waals surface area (Å²) in [5, 5.41) is 8.85. The van der Waals surface area contributed by atoms with Crippen molar-refractivity contribution in [3.8, 4) is 6.07 Å². The molecule has 1 unspecified atom stereocenters. The highest BCUT2D eigenvalue weighted by molar-refractivity contribution is 5.83. The molecule has 4 nitrogen and oxygen atoms in total.